The van der Waals surface area contributed by atoms with Gasteiger partial charge in [0.25, 0.3) is 0 Å². The quantitative estimate of drug-likeness (QED) is 0.420. The van der Waals surface area contributed by atoms with Crippen LogP contribution in [0.25, 0.3) is 33.3 Å². The van der Waals surface area contributed by atoms with Gasteiger partial charge in [0.15, 0.2) is 0 Å². The van der Waals surface area contributed by atoms with Crippen LogP contribution in [0.15, 0.2) is 61.3 Å². The van der Waals surface area contributed by atoms with Crippen LogP contribution in [0.4, 0.5) is 0 Å². The van der Waals surface area contributed by atoms with Crippen molar-refractivity contribution in [2.24, 2.45) is 5.92 Å². The van der Waals surface area contributed by atoms with Crippen molar-refractivity contribution in [2.75, 3.05) is 12.0 Å². The highest BCUT2D eigenvalue weighted by atomic mass is 32.2. The molecular formula is C25H24N6O2S. The minimum Gasteiger partial charge on any atom is -0.271 e. The van der Waals surface area contributed by atoms with E-state index in [0.29, 0.717) is 6.54 Å². The number of hydrogen-bond donors (Lipinski definition) is 0. The average molecular weight is 473 g/mol. The first-order valence-corrected chi connectivity index (χ1v) is 13.2. The third kappa shape index (κ3) is 4.50. The molecule has 1 aliphatic rings. The molecule has 1 aliphatic carbocycles. The predicted octanol–water partition coefficient (Wildman–Crippen LogP) is 4.01. The van der Waals surface area contributed by atoms with Crippen molar-refractivity contribution in [1.29, 1.82) is 5.26 Å². The predicted molar refractivity (Wildman–Crippen MR) is 130 cm³/mol. The van der Waals surface area contributed by atoms with Gasteiger partial charge in [-0.25, -0.2) is 12.9 Å². The molecule has 3 aromatic heterocycles. The van der Waals surface area contributed by atoms with Crippen molar-refractivity contribution >= 4 is 20.9 Å². The molecule has 0 saturated carbocycles. The van der Waals surface area contributed by atoms with Crippen LogP contribution in [0.2, 0.25) is 0 Å². The van der Waals surface area contributed by atoms with Crippen molar-refractivity contribution in [2.45, 2.75) is 25.8 Å². The van der Waals surface area contributed by atoms with Gasteiger partial charge in [-0.3, -0.25) is 9.67 Å². The standard InChI is InChI=1S/C25H24N6O2S/c1-34(32,33)13-12-30-17-22(15-28-30)19-6-8-20(9-7-19)23-16-29-31-11-10-27-24(25(23)31)21-4-2-18(14-26)3-5-21/h4,6-11,15-18H,2-3,5,12-13H2,1H3. The van der Waals surface area contributed by atoms with Crippen molar-refractivity contribution in [3.8, 4) is 28.3 Å². The normalized spacial score (nSPS) is 16.4. The molecule has 0 fully saturated rings. The average Bonchev–Trinajstić information content (AvgIpc) is 3.50. The van der Waals surface area contributed by atoms with Gasteiger partial charge < -0.3 is 0 Å². The zero-order chi connectivity index (χ0) is 23.7. The Bertz CT molecular complexity index is 1520. The third-order valence-corrected chi connectivity index (χ3v) is 7.11. The highest BCUT2D eigenvalue weighted by molar-refractivity contribution is 7.90. The first-order chi connectivity index (χ1) is 16.4. The summed E-state index contributed by atoms with van der Waals surface area (Å²) in [7, 11) is -3.03. The summed E-state index contributed by atoms with van der Waals surface area (Å²) in [6, 6.07) is 10.5. The topological polar surface area (TPSA) is 106 Å². The van der Waals surface area contributed by atoms with E-state index in [4.69, 9.17) is 0 Å². The highest BCUT2D eigenvalue weighted by Gasteiger charge is 2.20. The number of fused-ring (bicyclic) bond motifs is 1. The Balaban J connectivity index is 1.44. The van der Waals surface area contributed by atoms with Gasteiger partial charge >= 0.3 is 0 Å². The summed E-state index contributed by atoms with van der Waals surface area (Å²) in [6.07, 6.45) is 14.9. The molecule has 172 valence electrons. The van der Waals surface area contributed by atoms with Crippen molar-refractivity contribution in [3.63, 3.8) is 0 Å². The summed E-state index contributed by atoms with van der Waals surface area (Å²) < 4.78 is 26.3. The van der Waals surface area contributed by atoms with Gasteiger partial charge in [-0.2, -0.15) is 15.5 Å². The lowest BCUT2D eigenvalue weighted by molar-refractivity contribution is 0.586. The van der Waals surface area contributed by atoms with E-state index in [0.717, 1.165) is 58.3 Å². The Morgan fingerprint density at radius 1 is 1.12 bits per heavy atom. The number of nitrogens with zero attached hydrogens (tertiary/aromatic N) is 6. The molecule has 0 bridgehead atoms. The molecule has 8 nitrogen and oxygen atoms in total. The van der Waals surface area contributed by atoms with Crippen LogP contribution in [-0.4, -0.2) is 44.8 Å². The second-order valence-electron chi connectivity index (χ2n) is 8.66. The summed E-state index contributed by atoms with van der Waals surface area (Å²) in [5.74, 6) is 0.141. The van der Waals surface area contributed by atoms with Crippen LogP contribution in [0.5, 0.6) is 0 Å². The maximum Gasteiger partial charge on any atom is 0.149 e. The minimum atomic E-state index is -3.03. The van der Waals surface area contributed by atoms with E-state index in [2.05, 4.69) is 39.5 Å². The molecular weight excluding hydrogens is 448 g/mol. The van der Waals surface area contributed by atoms with Gasteiger partial charge in [0.2, 0.25) is 0 Å². The van der Waals surface area contributed by atoms with E-state index in [9.17, 15) is 13.7 Å². The van der Waals surface area contributed by atoms with Crippen molar-refractivity contribution in [3.05, 3.63) is 67.0 Å². The second kappa shape index (κ2) is 8.88. The summed E-state index contributed by atoms with van der Waals surface area (Å²) in [4.78, 5) is 4.68. The zero-order valence-electron chi connectivity index (χ0n) is 18.8. The molecule has 4 aromatic rings. The smallest absolute Gasteiger partial charge is 0.149 e. The number of aromatic nitrogens is 5. The van der Waals surface area contributed by atoms with Crippen LogP contribution >= 0.6 is 0 Å². The molecule has 0 aliphatic heterocycles. The Labute approximate surface area is 198 Å². The second-order valence-corrected chi connectivity index (χ2v) is 10.9. The summed E-state index contributed by atoms with van der Waals surface area (Å²) in [5.41, 5.74) is 7.01. The van der Waals surface area contributed by atoms with Crippen LogP contribution in [0.3, 0.4) is 0 Å². The molecule has 0 N–H and O–H groups in total. The highest BCUT2D eigenvalue weighted by Crippen LogP contribution is 2.35. The van der Waals surface area contributed by atoms with E-state index in [1.165, 1.54) is 6.26 Å². The van der Waals surface area contributed by atoms with Crippen molar-refractivity contribution < 1.29 is 8.42 Å². The minimum absolute atomic E-state index is 0.0613. The third-order valence-electron chi connectivity index (χ3n) is 6.18. The summed E-state index contributed by atoms with van der Waals surface area (Å²) in [6.45, 7) is 0.333. The first kappa shape index (κ1) is 22.0. The van der Waals surface area contributed by atoms with Crippen LogP contribution in [-0.2, 0) is 16.4 Å². The molecule has 0 saturated heterocycles. The van der Waals surface area contributed by atoms with Gasteiger partial charge in [-0.15, -0.1) is 0 Å². The lowest BCUT2D eigenvalue weighted by Crippen LogP contribution is -2.11. The number of allylic oxidation sites excluding steroid dienone is 2. The number of nitriles is 1. The first-order valence-electron chi connectivity index (χ1n) is 11.1. The zero-order valence-corrected chi connectivity index (χ0v) is 19.6. The van der Waals surface area contributed by atoms with E-state index in [1.54, 1.807) is 17.1 Å². The number of benzene rings is 1. The number of hydrogen-bond acceptors (Lipinski definition) is 6. The maximum absolute atomic E-state index is 11.4. The molecule has 0 radical (unpaired) electrons. The summed E-state index contributed by atoms with van der Waals surface area (Å²) in [5, 5.41) is 18.0. The Kier molecular flexibility index (Phi) is 5.75. The van der Waals surface area contributed by atoms with E-state index in [-0.39, 0.29) is 11.7 Å². The SMILES string of the molecule is CS(=O)(=O)CCn1cc(-c2ccc(-c3cnn4ccnc(C5=CCC(C#N)CC5)c34)cc2)cn1. The fraction of sp³-hybridized carbons (Fsp3) is 0.280. The van der Waals surface area contributed by atoms with E-state index in [1.807, 2.05) is 35.2 Å². The number of aryl methyl sites for hydroxylation is 1. The monoisotopic (exact) mass is 472 g/mol. The van der Waals surface area contributed by atoms with Crippen LogP contribution in [0.1, 0.15) is 25.0 Å². The molecule has 3 heterocycles. The number of sulfone groups is 1. The van der Waals surface area contributed by atoms with Crippen molar-refractivity contribution in [1.82, 2.24) is 24.4 Å². The largest absolute Gasteiger partial charge is 0.271 e. The molecule has 9 heteroatoms. The van der Waals surface area contributed by atoms with Gasteiger partial charge in [0.05, 0.1) is 47.9 Å². The molecule has 34 heavy (non-hydrogen) atoms. The van der Waals surface area contributed by atoms with E-state index < -0.39 is 9.84 Å². The fourth-order valence-electron chi connectivity index (χ4n) is 4.29. The van der Waals surface area contributed by atoms with Gasteiger partial charge in [-0.1, -0.05) is 30.3 Å². The lowest BCUT2D eigenvalue weighted by atomic mass is 9.88. The molecule has 0 spiro atoms. The van der Waals surface area contributed by atoms with Gasteiger partial charge in [-0.05, 0) is 36.0 Å². The van der Waals surface area contributed by atoms with Crippen LogP contribution in [0, 0.1) is 17.2 Å². The molecule has 1 atom stereocenters. The molecule has 1 unspecified atom stereocenters. The Hall–Kier alpha value is -3.77. The van der Waals surface area contributed by atoms with E-state index >= 15 is 0 Å². The fourth-order valence-corrected chi connectivity index (χ4v) is 4.81. The summed E-state index contributed by atoms with van der Waals surface area (Å²) >= 11 is 0. The molecule has 5 rings (SSSR count). The van der Waals surface area contributed by atoms with Crippen LogP contribution < -0.4 is 0 Å². The molecule has 0 amide bonds. The maximum atomic E-state index is 11.4. The number of rotatable bonds is 6. The van der Waals surface area contributed by atoms with Gasteiger partial charge in [0.1, 0.15) is 9.84 Å². The Morgan fingerprint density at radius 3 is 2.62 bits per heavy atom. The lowest BCUT2D eigenvalue weighted by Gasteiger charge is -2.17. The Morgan fingerprint density at radius 2 is 1.91 bits per heavy atom. The van der Waals surface area contributed by atoms with Gasteiger partial charge in [0, 0.05) is 36.0 Å². The molecule has 1 aromatic carbocycles.